The van der Waals surface area contributed by atoms with Gasteiger partial charge < -0.3 is 10.3 Å². The van der Waals surface area contributed by atoms with Crippen molar-refractivity contribution in [1.29, 1.82) is 5.26 Å². The second kappa shape index (κ2) is 6.02. The summed E-state index contributed by atoms with van der Waals surface area (Å²) < 4.78 is 0. The zero-order valence-electron chi connectivity index (χ0n) is 13.0. The maximum Gasteiger partial charge on any atom is 0.270 e. The average molecular weight is 328 g/mol. The maximum atomic E-state index is 12.1. The Morgan fingerprint density at radius 2 is 2.16 bits per heavy atom. The van der Waals surface area contributed by atoms with Gasteiger partial charge in [-0.3, -0.25) is 14.8 Å². The van der Waals surface area contributed by atoms with Crippen molar-refractivity contribution in [3.63, 3.8) is 0 Å². The van der Waals surface area contributed by atoms with Gasteiger partial charge in [-0.1, -0.05) is 6.07 Å². The van der Waals surface area contributed by atoms with Crippen LogP contribution < -0.4 is 5.32 Å². The highest BCUT2D eigenvalue weighted by molar-refractivity contribution is 6.02. The number of imidazole rings is 1. The molecule has 0 unspecified atom stereocenters. The van der Waals surface area contributed by atoms with Crippen molar-refractivity contribution in [3.8, 4) is 6.07 Å². The van der Waals surface area contributed by atoms with Crippen molar-refractivity contribution >= 4 is 27.8 Å². The molecule has 0 aliphatic rings. The fourth-order valence-corrected chi connectivity index (χ4v) is 2.61. The lowest BCUT2D eigenvalue weighted by molar-refractivity contribution is 0.0945. The molecule has 0 aliphatic carbocycles. The molecular formula is C18H12N6O. The van der Waals surface area contributed by atoms with Crippen molar-refractivity contribution in [1.82, 2.24) is 25.3 Å². The molecule has 0 fully saturated rings. The largest absolute Gasteiger partial charge is 0.343 e. The van der Waals surface area contributed by atoms with E-state index in [-0.39, 0.29) is 12.5 Å². The fourth-order valence-electron chi connectivity index (χ4n) is 2.61. The van der Waals surface area contributed by atoms with E-state index >= 15 is 0 Å². The summed E-state index contributed by atoms with van der Waals surface area (Å²) in [5.74, 6) is 0.340. The number of amides is 1. The molecule has 0 saturated heterocycles. The van der Waals surface area contributed by atoms with E-state index < -0.39 is 0 Å². The van der Waals surface area contributed by atoms with Crippen LogP contribution >= 0.6 is 0 Å². The van der Waals surface area contributed by atoms with Gasteiger partial charge in [0.1, 0.15) is 11.5 Å². The van der Waals surface area contributed by atoms with Crippen molar-refractivity contribution in [3.05, 3.63) is 65.9 Å². The van der Waals surface area contributed by atoms with Crippen LogP contribution in [0.25, 0.3) is 21.9 Å². The number of carbonyl (C=O) groups excluding carboxylic acids is 1. The van der Waals surface area contributed by atoms with Gasteiger partial charge in [-0.25, -0.2) is 4.98 Å². The van der Waals surface area contributed by atoms with Crippen LogP contribution in [0.4, 0.5) is 0 Å². The third-order valence-electron chi connectivity index (χ3n) is 3.81. The summed E-state index contributed by atoms with van der Waals surface area (Å²) in [5, 5.41) is 12.7. The molecule has 0 spiro atoms. The van der Waals surface area contributed by atoms with Crippen molar-refractivity contribution in [2.75, 3.05) is 0 Å². The van der Waals surface area contributed by atoms with Crippen LogP contribution in [0, 0.1) is 11.3 Å². The number of fused-ring (bicyclic) bond motifs is 3. The first-order valence-electron chi connectivity index (χ1n) is 7.61. The summed E-state index contributed by atoms with van der Waals surface area (Å²) in [6, 6.07) is 12.6. The molecule has 3 heterocycles. The fraction of sp³-hybridized carbons (Fsp3) is 0.0556. The Balaban J connectivity index is 1.64. The number of nitrogens with zero attached hydrogens (tertiary/aromatic N) is 4. The number of carbonyl (C=O) groups is 1. The van der Waals surface area contributed by atoms with Gasteiger partial charge in [0, 0.05) is 11.6 Å². The molecule has 4 rings (SSSR count). The van der Waals surface area contributed by atoms with Crippen LogP contribution in [-0.4, -0.2) is 25.8 Å². The molecule has 7 heteroatoms. The first kappa shape index (κ1) is 14.8. The first-order valence-corrected chi connectivity index (χ1v) is 7.61. The minimum atomic E-state index is -0.268. The molecule has 0 atom stereocenters. The quantitative estimate of drug-likeness (QED) is 0.600. The van der Waals surface area contributed by atoms with Gasteiger partial charge in [-0.2, -0.15) is 5.26 Å². The predicted molar refractivity (Wildman–Crippen MR) is 91.5 cm³/mol. The van der Waals surface area contributed by atoms with Crippen LogP contribution in [-0.2, 0) is 6.54 Å². The van der Waals surface area contributed by atoms with E-state index in [4.69, 9.17) is 5.26 Å². The number of rotatable bonds is 3. The minimum Gasteiger partial charge on any atom is -0.343 e. The van der Waals surface area contributed by atoms with Gasteiger partial charge in [0.05, 0.1) is 40.9 Å². The number of nitriles is 1. The lowest BCUT2D eigenvalue weighted by Crippen LogP contribution is -2.24. The van der Waals surface area contributed by atoms with Crippen LogP contribution in [0.2, 0.25) is 0 Å². The zero-order chi connectivity index (χ0) is 17.2. The van der Waals surface area contributed by atoms with E-state index in [0.717, 1.165) is 21.9 Å². The summed E-state index contributed by atoms with van der Waals surface area (Å²) >= 11 is 0. The van der Waals surface area contributed by atoms with E-state index in [2.05, 4.69) is 31.3 Å². The lowest BCUT2D eigenvalue weighted by atomic mass is 10.1. The smallest absolute Gasteiger partial charge is 0.270 e. The van der Waals surface area contributed by atoms with E-state index in [1.807, 2.05) is 0 Å². The molecule has 0 bridgehead atoms. The summed E-state index contributed by atoms with van der Waals surface area (Å²) in [7, 11) is 0. The highest BCUT2D eigenvalue weighted by atomic mass is 16.1. The summed E-state index contributed by atoms with van der Waals surface area (Å²) in [5.41, 5.74) is 3.15. The normalized spacial score (nSPS) is 10.7. The summed E-state index contributed by atoms with van der Waals surface area (Å²) in [6.45, 7) is 0.240. The topological polar surface area (TPSA) is 107 Å². The van der Waals surface area contributed by atoms with Gasteiger partial charge >= 0.3 is 0 Å². The third kappa shape index (κ3) is 2.77. The number of nitrogens with one attached hydrogen (secondary N) is 2. The van der Waals surface area contributed by atoms with Crippen molar-refractivity contribution < 1.29 is 4.79 Å². The molecule has 4 aromatic rings. The summed E-state index contributed by atoms with van der Waals surface area (Å²) in [6.07, 6.45) is 3.27. The second-order valence-electron chi connectivity index (χ2n) is 5.45. The van der Waals surface area contributed by atoms with E-state index in [1.165, 1.54) is 0 Å². The Morgan fingerprint density at radius 1 is 1.24 bits per heavy atom. The average Bonchev–Trinajstić information content (AvgIpc) is 3.10. The Kier molecular flexibility index (Phi) is 3.56. The van der Waals surface area contributed by atoms with Crippen LogP contribution in [0.1, 0.15) is 21.9 Å². The zero-order valence-corrected chi connectivity index (χ0v) is 13.0. The molecule has 2 N–H and O–H groups in total. The van der Waals surface area contributed by atoms with Crippen molar-refractivity contribution in [2.45, 2.75) is 6.54 Å². The molecule has 7 nitrogen and oxygen atoms in total. The van der Waals surface area contributed by atoms with E-state index in [0.29, 0.717) is 17.1 Å². The van der Waals surface area contributed by atoms with Gasteiger partial charge in [0.25, 0.3) is 5.91 Å². The molecule has 0 aliphatic heterocycles. The van der Waals surface area contributed by atoms with Gasteiger partial charge in [-0.05, 0) is 30.3 Å². The molecule has 1 aromatic carbocycles. The summed E-state index contributed by atoms with van der Waals surface area (Å²) in [4.78, 5) is 28.1. The van der Waals surface area contributed by atoms with Crippen LogP contribution in [0.15, 0.2) is 48.8 Å². The maximum absolute atomic E-state index is 12.1. The number of hydrogen-bond donors (Lipinski definition) is 2. The highest BCUT2D eigenvalue weighted by Gasteiger charge is 2.11. The molecule has 0 saturated carbocycles. The standard InChI is InChI=1S/C18H12N6O/c19-8-11-4-5-13-12(7-11)17-15(9-21-13)23-16(24-17)10-22-18(25)14-3-1-2-6-20-14/h1-7,9H,10H2,(H,22,25)(H,23,24). The molecule has 120 valence electrons. The van der Waals surface area contributed by atoms with Crippen LogP contribution in [0.5, 0.6) is 0 Å². The molecule has 1 amide bonds. The number of hydrogen-bond acceptors (Lipinski definition) is 5. The van der Waals surface area contributed by atoms with Crippen molar-refractivity contribution in [2.24, 2.45) is 0 Å². The predicted octanol–water partition coefficient (Wildman–Crippen LogP) is 2.31. The number of benzene rings is 1. The Labute approximate surface area is 142 Å². The minimum absolute atomic E-state index is 0.240. The molecule has 3 aromatic heterocycles. The number of aromatic nitrogens is 4. The second-order valence-corrected chi connectivity index (χ2v) is 5.45. The Bertz CT molecular complexity index is 1130. The number of aromatic amines is 1. The number of pyridine rings is 2. The van der Waals surface area contributed by atoms with Crippen LogP contribution in [0.3, 0.4) is 0 Å². The SMILES string of the molecule is N#Cc1ccc2ncc3[nH]c(CNC(=O)c4ccccn4)nc3c2c1. The van der Waals surface area contributed by atoms with E-state index in [9.17, 15) is 4.79 Å². The molecule has 25 heavy (non-hydrogen) atoms. The third-order valence-corrected chi connectivity index (χ3v) is 3.81. The monoisotopic (exact) mass is 328 g/mol. The van der Waals surface area contributed by atoms with E-state index in [1.54, 1.807) is 48.8 Å². The number of H-pyrrole nitrogens is 1. The lowest BCUT2D eigenvalue weighted by Gasteiger charge is -2.01. The molecule has 0 radical (unpaired) electrons. The van der Waals surface area contributed by atoms with Gasteiger partial charge in [0.2, 0.25) is 0 Å². The Hall–Kier alpha value is -3.79. The highest BCUT2D eigenvalue weighted by Crippen LogP contribution is 2.22. The Morgan fingerprint density at radius 3 is 2.96 bits per heavy atom. The van der Waals surface area contributed by atoms with Gasteiger partial charge in [0.15, 0.2) is 0 Å². The molecular weight excluding hydrogens is 316 g/mol. The first-order chi connectivity index (χ1) is 12.2. The van der Waals surface area contributed by atoms with Gasteiger partial charge in [-0.15, -0.1) is 0 Å².